The number of anilines is 1. The molecule has 1 aliphatic rings. The first-order valence-electron chi connectivity index (χ1n) is 9.69. The molecule has 1 heterocycles. The van der Waals surface area contributed by atoms with Crippen molar-refractivity contribution in [3.05, 3.63) is 18.2 Å². The topological polar surface area (TPSA) is 85.4 Å². The van der Waals surface area contributed by atoms with Crippen molar-refractivity contribution in [2.45, 2.75) is 46.2 Å². The maximum atomic E-state index is 12.5. The van der Waals surface area contributed by atoms with Crippen LogP contribution in [-0.4, -0.2) is 62.1 Å². The first kappa shape index (κ1) is 22.5. The van der Waals surface area contributed by atoms with E-state index in [0.717, 1.165) is 0 Å². The average molecular weight is 406 g/mol. The van der Waals surface area contributed by atoms with E-state index in [1.807, 2.05) is 27.7 Å². The Bertz CT molecular complexity index is 754. The lowest BCUT2D eigenvalue weighted by Gasteiger charge is -2.30. The van der Waals surface area contributed by atoms with Crippen LogP contribution in [0, 0.1) is 5.92 Å². The average Bonchev–Trinajstić information content (AvgIpc) is 3.06. The minimum atomic E-state index is -0.631. The smallest absolute Gasteiger partial charge is 0.311 e. The van der Waals surface area contributed by atoms with Gasteiger partial charge in [-0.3, -0.25) is 14.4 Å². The monoisotopic (exact) mass is 406 g/mol. The second kappa shape index (κ2) is 9.62. The van der Waals surface area contributed by atoms with Gasteiger partial charge in [-0.25, -0.2) is 0 Å². The third-order valence-electron chi connectivity index (χ3n) is 4.87. The Kier molecular flexibility index (Phi) is 7.47. The number of hydrogen-bond acceptors (Lipinski definition) is 6. The number of carbonyl (C=O) groups excluding carboxylic acids is 3. The predicted molar refractivity (Wildman–Crippen MR) is 108 cm³/mol. The molecular formula is C21H30N2O6. The van der Waals surface area contributed by atoms with Crippen LogP contribution in [0.5, 0.6) is 11.5 Å². The van der Waals surface area contributed by atoms with Gasteiger partial charge in [-0.2, -0.15) is 0 Å². The van der Waals surface area contributed by atoms with Crippen LogP contribution in [0.1, 0.15) is 34.1 Å². The summed E-state index contributed by atoms with van der Waals surface area (Å²) in [5.41, 5.74) is 0.565. The molecule has 1 aliphatic heterocycles. The Morgan fingerprint density at radius 2 is 1.79 bits per heavy atom. The lowest BCUT2D eigenvalue weighted by atomic mass is 10.1. The Hall–Kier alpha value is -2.77. The SMILES string of the molecule is COc1ccc(N2C[C@@H](C(=O)OCC(=O)N(C(C)C)C(C)C)CC2=O)c(OC)c1. The van der Waals surface area contributed by atoms with Crippen molar-refractivity contribution in [1.29, 1.82) is 0 Å². The second-order valence-corrected chi connectivity index (χ2v) is 7.54. The third kappa shape index (κ3) is 5.19. The number of benzene rings is 1. The molecule has 0 aliphatic carbocycles. The molecule has 2 rings (SSSR count). The van der Waals surface area contributed by atoms with E-state index in [0.29, 0.717) is 17.2 Å². The van der Waals surface area contributed by atoms with Gasteiger partial charge in [0.1, 0.15) is 11.5 Å². The van der Waals surface area contributed by atoms with E-state index < -0.39 is 11.9 Å². The van der Waals surface area contributed by atoms with E-state index in [9.17, 15) is 14.4 Å². The highest BCUT2D eigenvalue weighted by molar-refractivity contribution is 6.00. The number of hydrogen-bond donors (Lipinski definition) is 0. The van der Waals surface area contributed by atoms with Crippen molar-refractivity contribution in [1.82, 2.24) is 4.90 Å². The first-order chi connectivity index (χ1) is 13.7. The number of esters is 1. The quantitative estimate of drug-likeness (QED) is 0.616. The fourth-order valence-corrected chi connectivity index (χ4v) is 3.60. The van der Waals surface area contributed by atoms with Gasteiger partial charge < -0.3 is 24.0 Å². The van der Waals surface area contributed by atoms with Crippen molar-refractivity contribution < 1.29 is 28.6 Å². The summed E-state index contributed by atoms with van der Waals surface area (Å²) in [6.45, 7) is 7.49. The van der Waals surface area contributed by atoms with Crippen LogP contribution in [0.4, 0.5) is 5.69 Å². The van der Waals surface area contributed by atoms with Gasteiger partial charge in [0.15, 0.2) is 6.61 Å². The number of rotatable bonds is 8. The van der Waals surface area contributed by atoms with Crippen LogP contribution in [0.2, 0.25) is 0 Å². The van der Waals surface area contributed by atoms with E-state index in [1.165, 1.54) is 12.0 Å². The largest absolute Gasteiger partial charge is 0.497 e. The molecule has 1 fully saturated rings. The van der Waals surface area contributed by atoms with E-state index in [4.69, 9.17) is 14.2 Å². The van der Waals surface area contributed by atoms with E-state index in [2.05, 4.69) is 0 Å². The Labute approximate surface area is 171 Å². The summed E-state index contributed by atoms with van der Waals surface area (Å²) in [6, 6.07) is 5.14. The number of methoxy groups -OCH3 is 2. The molecular weight excluding hydrogens is 376 g/mol. The van der Waals surface area contributed by atoms with Gasteiger partial charge in [0.25, 0.3) is 5.91 Å². The highest BCUT2D eigenvalue weighted by Crippen LogP contribution is 2.36. The zero-order chi connectivity index (χ0) is 21.7. The molecule has 0 radical (unpaired) electrons. The van der Waals surface area contributed by atoms with E-state index in [-0.39, 0.29) is 43.5 Å². The van der Waals surface area contributed by atoms with Gasteiger partial charge in [0.05, 0.1) is 25.8 Å². The van der Waals surface area contributed by atoms with Crippen molar-refractivity contribution in [2.24, 2.45) is 5.92 Å². The number of amides is 2. The van der Waals surface area contributed by atoms with Crippen LogP contribution in [0.15, 0.2) is 18.2 Å². The number of nitrogens with zero attached hydrogens (tertiary/aromatic N) is 2. The molecule has 0 bridgehead atoms. The molecule has 0 saturated carbocycles. The molecule has 0 unspecified atom stereocenters. The maximum absolute atomic E-state index is 12.5. The molecule has 29 heavy (non-hydrogen) atoms. The molecule has 1 atom stereocenters. The van der Waals surface area contributed by atoms with Gasteiger partial charge in [-0.15, -0.1) is 0 Å². The van der Waals surface area contributed by atoms with Crippen LogP contribution < -0.4 is 14.4 Å². The molecule has 160 valence electrons. The van der Waals surface area contributed by atoms with Gasteiger partial charge in [-0.05, 0) is 39.8 Å². The van der Waals surface area contributed by atoms with E-state index in [1.54, 1.807) is 30.2 Å². The molecule has 8 nitrogen and oxygen atoms in total. The van der Waals surface area contributed by atoms with Crippen molar-refractivity contribution in [3.8, 4) is 11.5 Å². The van der Waals surface area contributed by atoms with Gasteiger partial charge in [-0.1, -0.05) is 0 Å². The zero-order valence-corrected chi connectivity index (χ0v) is 17.9. The predicted octanol–water partition coefficient (Wildman–Crippen LogP) is 2.25. The Morgan fingerprint density at radius 3 is 2.34 bits per heavy atom. The fourth-order valence-electron chi connectivity index (χ4n) is 3.60. The Morgan fingerprint density at radius 1 is 1.14 bits per heavy atom. The van der Waals surface area contributed by atoms with Crippen LogP contribution in [0.25, 0.3) is 0 Å². The summed E-state index contributed by atoms with van der Waals surface area (Å²) >= 11 is 0. The third-order valence-corrected chi connectivity index (χ3v) is 4.87. The standard InChI is InChI=1S/C21H30N2O6/c1-13(2)23(14(3)4)20(25)12-29-21(26)15-9-19(24)22(11-15)17-8-7-16(27-5)10-18(17)28-6/h7-8,10,13-15H,9,11-12H2,1-6H3/t15-/m0/s1. The summed E-state index contributed by atoms with van der Waals surface area (Å²) in [7, 11) is 3.05. The minimum absolute atomic E-state index is 0.00675. The summed E-state index contributed by atoms with van der Waals surface area (Å²) < 4.78 is 15.8. The minimum Gasteiger partial charge on any atom is -0.497 e. The van der Waals surface area contributed by atoms with Crippen molar-refractivity contribution in [2.75, 3.05) is 32.3 Å². The normalized spacial score (nSPS) is 16.3. The molecule has 0 spiro atoms. The Balaban J connectivity index is 2.03. The highest BCUT2D eigenvalue weighted by atomic mass is 16.5. The number of carbonyl (C=O) groups is 3. The maximum Gasteiger partial charge on any atom is 0.311 e. The molecule has 1 aromatic rings. The lowest BCUT2D eigenvalue weighted by Crippen LogP contribution is -2.44. The van der Waals surface area contributed by atoms with Crippen molar-refractivity contribution >= 4 is 23.5 Å². The zero-order valence-electron chi connectivity index (χ0n) is 17.9. The fraction of sp³-hybridized carbons (Fsp3) is 0.571. The summed E-state index contributed by atoms with van der Waals surface area (Å²) in [5, 5.41) is 0. The van der Waals surface area contributed by atoms with Gasteiger partial charge in [0.2, 0.25) is 5.91 Å². The van der Waals surface area contributed by atoms with Gasteiger partial charge in [0, 0.05) is 31.1 Å². The van der Waals surface area contributed by atoms with Crippen molar-refractivity contribution in [3.63, 3.8) is 0 Å². The molecule has 0 aromatic heterocycles. The number of ether oxygens (including phenoxy) is 3. The van der Waals surface area contributed by atoms with E-state index >= 15 is 0 Å². The van der Waals surface area contributed by atoms with Gasteiger partial charge >= 0.3 is 5.97 Å². The molecule has 2 amide bonds. The lowest BCUT2D eigenvalue weighted by molar-refractivity contribution is -0.156. The summed E-state index contributed by atoms with van der Waals surface area (Å²) in [6.07, 6.45) is 0.0281. The molecule has 1 aromatic carbocycles. The second-order valence-electron chi connectivity index (χ2n) is 7.54. The van der Waals surface area contributed by atoms with Crippen LogP contribution >= 0.6 is 0 Å². The molecule has 1 saturated heterocycles. The first-order valence-corrected chi connectivity index (χ1v) is 9.69. The van der Waals surface area contributed by atoms with Crippen LogP contribution in [-0.2, 0) is 19.1 Å². The summed E-state index contributed by atoms with van der Waals surface area (Å²) in [5.74, 6) is -0.546. The van der Waals surface area contributed by atoms with Crippen LogP contribution in [0.3, 0.4) is 0 Å². The molecule has 8 heteroatoms. The molecule has 0 N–H and O–H groups in total. The highest BCUT2D eigenvalue weighted by Gasteiger charge is 2.37. The summed E-state index contributed by atoms with van der Waals surface area (Å²) in [4.78, 5) is 40.5.